The van der Waals surface area contributed by atoms with Gasteiger partial charge in [0.25, 0.3) is 0 Å². The third kappa shape index (κ3) is 69.3. The van der Waals surface area contributed by atoms with Gasteiger partial charge in [0.1, 0.15) is 0 Å². The Morgan fingerprint density at radius 3 is 0.867 bits per heavy atom. The van der Waals surface area contributed by atoms with Crippen molar-refractivity contribution < 1.29 is 24.5 Å². The van der Waals surface area contributed by atoms with Gasteiger partial charge in [-0.05, 0) is 57.8 Å². The van der Waals surface area contributed by atoms with Crippen molar-refractivity contribution in [3.8, 4) is 0 Å². The lowest BCUT2D eigenvalue weighted by Gasteiger charge is -2.20. The molecule has 0 heterocycles. The first-order valence-corrected chi connectivity index (χ1v) is 38.1. The fourth-order valence-electron chi connectivity index (χ4n) is 12.2. The van der Waals surface area contributed by atoms with Crippen molar-refractivity contribution in [3.63, 3.8) is 0 Å². The molecule has 0 aromatic carbocycles. The molecule has 0 rings (SSSR count). The number of carbonyl (C=O) groups excluding carboxylic acids is 2. The van der Waals surface area contributed by atoms with E-state index in [-0.39, 0.29) is 18.5 Å². The summed E-state index contributed by atoms with van der Waals surface area (Å²) in [5.41, 5.74) is 0. The molecule has 1 amide bonds. The fraction of sp³-hybridized carbons (Fsp3) is 0.922. The van der Waals surface area contributed by atoms with Gasteiger partial charge in [0.2, 0.25) is 5.91 Å². The topological polar surface area (TPSA) is 95.9 Å². The smallest absolute Gasteiger partial charge is 0.305 e. The SMILES string of the molecule is CCCCCC/C=C\CCCCCCCC(=O)OCCCCCCCCCCCCCCCCCCCCCCCCCCCCCCCCCCCCCCCC(=O)NC(CO)C(O)/C=C/CCCCCCCCCCCCCCCC. The second-order valence-electron chi connectivity index (χ2n) is 26.3. The molecule has 0 saturated heterocycles. The minimum Gasteiger partial charge on any atom is -0.466 e. The second-order valence-corrected chi connectivity index (χ2v) is 26.3. The molecule has 0 aromatic heterocycles. The van der Waals surface area contributed by atoms with E-state index in [1.807, 2.05) is 6.08 Å². The Labute approximate surface area is 520 Å². The average molecular weight is 1170 g/mol. The molecule has 0 fully saturated rings. The number of aliphatic hydroxyl groups is 2. The molecule has 492 valence electrons. The van der Waals surface area contributed by atoms with Crippen LogP contribution in [0.1, 0.15) is 431 Å². The summed E-state index contributed by atoms with van der Waals surface area (Å²) in [6.07, 6.45) is 93.0. The highest BCUT2D eigenvalue weighted by Crippen LogP contribution is 2.20. The highest BCUT2D eigenvalue weighted by molar-refractivity contribution is 5.76. The number of ether oxygens (including phenoxy) is 1. The summed E-state index contributed by atoms with van der Waals surface area (Å²) in [5, 5.41) is 23.2. The molecule has 3 N–H and O–H groups in total. The van der Waals surface area contributed by atoms with Crippen LogP contribution in [-0.2, 0) is 14.3 Å². The highest BCUT2D eigenvalue weighted by atomic mass is 16.5. The zero-order valence-corrected chi connectivity index (χ0v) is 56.5. The quantitative estimate of drug-likeness (QED) is 0.0320. The van der Waals surface area contributed by atoms with Crippen LogP contribution in [0.4, 0.5) is 0 Å². The van der Waals surface area contributed by atoms with Gasteiger partial charge in [0.15, 0.2) is 0 Å². The molecular weight excluding hydrogens is 1020 g/mol. The number of carbonyl (C=O) groups is 2. The predicted octanol–water partition coefficient (Wildman–Crippen LogP) is 24.9. The van der Waals surface area contributed by atoms with Crippen molar-refractivity contribution in [2.24, 2.45) is 0 Å². The van der Waals surface area contributed by atoms with Crippen molar-refractivity contribution in [3.05, 3.63) is 24.3 Å². The first kappa shape index (κ1) is 81.3. The van der Waals surface area contributed by atoms with Gasteiger partial charge in [-0.3, -0.25) is 9.59 Å². The number of aliphatic hydroxyl groups excluding tert-OH is 2. The van der Waals surface area contributed by atoms with Crippen LogP contribution < -0.4 is 5.32 Å². The molecular formula is C77H149NO5. The van der Waals surface area contributed by atoms with Gasteiger partial charge in [0.05, 0.1) is 25.4 Å². The maximum atomic E-state index is 12.5. The van der Waals surface area contributed by atoms with E-state index in [2.05, 4.69) is 31.3 Å². The number of hydrogen-bond acceptors (Lipinski definition) is 5. The normalized spacial score (nSPS) is 12.6. The maximum absolute atomic E-state index is 12.5. The minimum atomic E-state index is -0.840. The summed E-state index contributed by atoms with van der Waals surface area (Å²) in [6.45, 7) is 4.93. The first-order valence-electron chi connectivity index (χ1n) is 38.1. The number of nitrogens with one attached hydrogen (secondary N) is 1. The monoisotopic (exact) mass is 1170 g/mol. The molecule has 0 aliphatic rings. The molecule has 83 heavy (non-hydrogen) atoms. The number of allylic oxidation sites excluding steroid dienone is 3. The summed E-state index contributed by atoms with van der Waals surface area (Å²) in [4.78, 5) is 24.6. The standard InChI is InChI=1S/C77H149NO5/c1-3-5-7-9-11-13-15-17-18-42-46-49-53-57-61-65-69-75(80)74(73-79)78-76(81)70-66-62-58-54-50-47-43-40-38-36-34-32-30-28-26-24-22-20-19-21-23-25-27-29-31-33-35-37-39-41-44-48-52-56-60-64-68-72-83-77(82)71-67-63-59-55-51-45-16-14-12-10-8-6-4-2/h14,16,65,69,74-75,79-80H,3-13,15,17-64,66-68,70-73H2,1-2H3,(H,78,81)/b16-14-,69-65+. The molecule has 0 aromatic rings. The van der Waals surface area contributed by atoms with E-state index in [0.717, 1.165) is 44.9 Å². The summed E-state index contributed by atoms with van der Waals surface area (Å²) in [7, 11) is 0. The molecule has 0 aliphatic carbocycles. The van der Waals surface area contributed by atoms with E-state index in [0.29, 0.717) is 19.4 Å². The van der Waals surface area contributed by atoms with Crippen molar-refractivity contribution in [1.29, 1.82) is 0 Å². The zero-order chi connectivity index (χ0) is 59.9. The summed E-state index contributed by atoms with van der Waals surface area (Å²) < 4.78 is 5.49. The Morgan fingerprint density at radius 1 is 0.325 bits per heavy atom. The van der Waals surface area contributed by atoms with Gasteiger partial charge in [0, 0.05) is 12.8 Å². The van der Waals surface area contributed by atoms with Gasteiger partial charge in [-0.1, -0.05) is 385 Å². The van der Waals surface area contributed by atoms with Gasteiger partial charge < -0.3 is 20.3 Å². The third-order valence-corrected chi connectivity index (χ3v) is 18.0. The summed E-state index contributed by atoms with van der Waals surface area (Å²) in [6, 6.07) is -0.623. The predicted molar refractivity (Wildman–Crippen MR) is 366 cm³/mol. The number of amides is 1. The van der Waals surface area contributed by atoms with Crippen molar-refractivity contribution >= 4 is 11.9 Å². The lowest BCUT2D eigenvalue weighted by molar-refractivity contribution is -0.143. The summed E-state index contributed by atoms with van der Waals surface area (Å²) in [5.74, 6) is -0.0444. The molecule has 2 unspecified atom stereocenters. The Balaban J connectivity index is 3.31. The van der Waals surface area contributed by atoms with Crippen molar-refractivity contribution in [2.45, 2.75) is 443 Å². The van der Waals surface area contributed by atoms with Crippen LogP contribution in [0.15, 0.2) is 24.3 Å². The average Bonchev–Trinajstić information content (AvgIpc) is 3.49. The van der Waals surface area contributed by atoms with Crippen LogP contribution in [0, 0.1) is 0 Å². The number of hydrogen-bond donors (Lipinski definition) is 3. The Hall–Kier alpha value is -1.66. The largest absolute Gasteiger partial charge is 0.466 e. The van der Waals surface area contributed by atoms with Gasteiger partial charge in [-0.2, -0.15) is 0 Å². The van der Waals surface area contributed by atoms with E-state index in [9.17, 15) is 19.8 Å². The molecule has 0 spiro atoms. The molecule has 0 aliphatic heterocycles. The van der Waals surface area contributed by atoms with E-state index in [1.54, 1.807) is 6.08 Å². The van der Waals surface area contributed by atoms with Crippen LogP contribution in [0.2, 0.25) is 0 Å². The van der Waals surface area contributed by atoms with Crippen LogP contribution in [0.5, 0.6) is 0 Å². The number of unbranched alkanes of at least 4 members (excludes halogenated alkanes) is 59. The third-order valence-electron chi connectivity index (χ3n) is 18.0. The van der Waals surface area contributed by atoms with Gasteiger partial charge >= 0.3 is 5.97 Å². The van der Waals surface area contributed by atoms with Crippen molar-refractivity contribution in [1.82, 2.24) is 5.32 Å². The van der Waals surface area contributed by atoms with Crippen molar-refractivity contribution in [2.75, 3.05) is 13.2 Å². The summed E-state index contributed by atoms with van der Waals surface area (Å²) >= 11 is 0. The van der Waals surface area contributed by atoms with Crippen LogP contribution in [-0.4, -0.2) is 47.4 Å². The van der Waals surface area contributed by atoms with Gasteiger partial charge in [-0.15, -0.1) is 0 Å². The van der Waals surface area contributed by atoms with Crippen LogP contribution >= 0.6 is 0 Å². The highest BCUT2D eigenvalue weighted by Gasteiger charge is 2.18. The van der Waals surface area contributed by atoms with E-state index < -0.39 is 12.1 Å². The van der Waals surface area contributed by atoms with E-state index in [4.69, 9.17) is 4.74 Å². The molecule has 6 heteroatoms. The molecule has 6 nitrogen and oxygen atoms in total. The first-order chi connectivity index (χ1) is 41.0. The number of esters is 1. The van der Waals surface area contributed by atoms with Crippen LogP contribution in [0.3, 0.4) is 0 Å². The van der Waals surface area contributed by atoms with E-state index in [1.165, 1.54) is 360 Å². The zero-order valence-electron chi connectivity index (χ0n) is 56.5. The molecule has 0 bridgehead atoms. The van der Waals surface area contributed by atoms with E-state index >= 15 is 0 Å². The fourth-order valence-corrected chi connectivity index (χ4v) is 12.2. The minimum absolute atomic E-state index is 0.0145. The molecule has 2 atom stereocenters. The molecule has 0 radical (unpaired) electrons. The van der Waals surface area contributed by atoms with Crippen LogP contribution in [0.25, 0.3) is 0 Å². The maximum Gasteiger partial charge on any atom is 0.305 e. The lowest BCUT2D eigenvalue weighted by Crippen LogP contribution is -2.45. The lowest BCUT2D eigenvalue weighted by atomic mass is 10.0. The van der Waals surface area contributed by atoms with Gasteiger partial charge in [-0.25, -0.2) is 0 Å². The number of rotatable bonds is 72. The Morgan fingerprint density at radius 2 is 0.566 bits per heavy atom. The Kier molecular flexibility index (Phi) is 71.4. The Bertz CT molecular complexity index is 1300. The molecule has 0 saturated carbocycles. The second kappa shape index (κ2) is 72.8.